The van der Waals surface area contributed by atoms with Crippen LogP contribution in [0.4, 0.5) is 0 Å². The number of unbranched alkanes of at least 4 members (excludes halogenated alkanes) is 52. The molecule has 0 rings (SSSR count). The number of nitrogens with one attached hydrogen (secondary N) is 1. The van der Waals surface area contributed by atoms with Gasteiger partial charge in [0.2, 0.25) is 5.91 Å². The predicted octanol–water partition coefficient (Wildman–Crippen LogP) is 23.1. The molecule has 0 heterocycles. The van der Waals surface area contributed by atoms with Crippen molar-refractivity contribution < 1.29 is 24.5 Å². The molecule has 79 heavy (non-hydrogen) atoms. The Hall–Kier alpha value is -1.92. The van der Waals surface area contributed by atoms with E-state index in [-0.39, 0.29) is 18.5 Å². The van der Waals surface area contributed by atoms with Gasteiger partial charge in [0.1, 0.15) is 0 Å². The molecular formula is C73H139NO5. The number of ether oxygens (including phenoxy) is 1. The van der Waals surface area contributed by atoms with Gasteiger partial charge in [-0.25, -0.2) is 0 Å². The first kappa shape index (κ1) is 77.1. The molecule has 0 aromatic heterocycles. The molecule has 0 aromatic rings. The molecule has 1 amide bonds. The molecule has 0 aromatic carbocycles. The number of hydrogen-bond acceptors (Lipinski definition) is 5. The lowest BCUT2D eigenvalue weighted by Crippen LogP contribution is -2.45. The average molecular weight is 1110 g/mol. The van der Waals surface area contributed by atoms with Gasteiger partial charge in [-0.3, -0.25) is 9.59 Å². The molecule has 0 aliphatic rings. The Balaban J connectivity index is 3.35. The zero-order chi connectivity index (χ0) is 57.1. The van der Waals surface area contributed by atoms with E-state index in [1.807, 2.05) is 6.08 Å². The molecule has 0 saturated carbocycles. The second-order valence-electron chi connectivity index (χ2n) is 24.6. The van der Waals surface area contributed by atoms with Crippen molar-refractivity contribution in [2.45, 2.75) is 405 Å². The highest BCUT2D eigenvalue weighted by Crippen LogP contribution is 2.18. The lowest BCUT2D eigenvalue weighted by Gasteiger charge is -2.20. The number of esters is 1. The molecule has 6 heteroatoms. The normalized spacial score (nSPS) is 12.7. The van der Waals surface area contributed by atoms with Crippen molar-refractivity contribution >= 4 is 11.9 Å². The second kappa shape index (κ2) is 68.6. The first-order valence-corrected chi connectivity index (χ1v) is 35.8. The minimum atomic E-state index is -0.841. The zero-order valence-electron chi connectivity index (χ0n) is 53.4. The first-order valence-electron chi connectivity index (χ1n) is 35.8. The zero-order valence-corrected chi connectivity index (χ0v) is 53.4. The summed E-state index contributed by atoms with van der Waals surface area (Å²) < 4.78 is 5.49. The summed E-state index contributed by atoms with van der Waals surface area (Å²) in [6.07, 6.45) is 88.2. The van der Waals surface area contributed by atoms with Crippen LogP contribution in [0.2, 0.25) is 0 Å². The minimum absolute atomic E-state index is 0.0211. The summed E-state index contributed by atoms with van der Waals surface area (Å²) in [4.78, 5) is 24.5. The first-order chi connectivity index (χ1) is 39.0. The fourth-order valence-corrected chi connectivity index (χ4v) is 11.2. The standard InChI is InChI=1S/C73H139NO5/c1-3-5-7-9-11-13-15-16-43-47-51-55-59-63-67-73(78)79-68-64-60-56-52-48-44-41-39-37-35-33-31-29-27-25-23-21-19-17-18-20-22-24-26-28-30-32-34-36-38-40-42-46-50-54-58-62-66-72(77)74-70(69-75)71(76)65-61-57-53-49-45-14-12-10-8-6-4-2/h17,19,23,25,61,65,70-71,75-76H,3-16,18,20-22,24,26-60,62-64,66-69H2,1-2H3,(H,74,77)/b19-17-,25-23-,65-61+. The molecule has 0 bridgehead atoms. The lowest BCUT2D eigenvalue weighted by atomic mass is 10.0. The van der Waals surface area contributed by atoms with E-state index in [0.29, 0.717) is 19.4 Å². The highest BCUT2D eigenvalue weighted by atomic mass is 16.5. The van der Waals surface area contributed by atoms with Crippen LogP contribution in [0.15, 0.2) is 36.5 Å². The number of aliphatic hydroxyl groups is 2. The highest BCUT2D eigenvalue weighted by Gasteiger charge is 2.18. The van der Waals surface area contributed by atoms with E-state index >= 15 is 0 Å². The Kier molecular flexibility index (Phi) is 66.9. The molecule has 3 N–H and O–H groups in total. The Labute approximate surface area is 494 Å². The molecular weight excluding hydrogens is 971 g/mol. The number of carbonyl (C=O) groups excluding carboxylic acids is 2. The SMILES string of the molecule is CCCCCCCCCCC/C=C/C(O)C(CO)NC(=O)CCCCCCCCCCCCCCCCCCC/C=C\C/C=C\CCCCCCCCCCCCCCCOC(=O)CCCCCCCCCCCCCCCC. The Morgan fingerprint density at radius 1 is 0.354 bits per heavy atom. The third-order valence-corrected chi connectivity index (χ3v) is 16.7. The van der Waals surface area contributed by atoms with E-state index in [9.17, 15) is 19.8 Å². The van der Waals surface area contributed by atoms with Gasteiger partial charge in [0.15, 0.2) is 0 Å². The largest absolute Gasteiger partial charge is 0.466 e. The second-order valence-corrected chi connectivity index (χ2v) is 24.6. The monoisotopic (exact) mass is 1110 g/mol. The molecule has 2 unspecified atom stereocenters. The van der Waals surface area contributed by atoms with Gasteiger partial charge in [-0.1, -0.05) is 352 Å². The molecule has 0 fully saturated rings. The van der Waals surface area contributed by atoms with Crippen LogP contribution in [0.5, 0.6) is 0 Å². The maximum Gasteiger partial charge on any atom is 0.305 e. The van der Waals surface area contributed by atoms with Gasteiger partial charge in [0, 0.05) is 12.8 Å². The van der Waals surface area contributed by atoms with Crippen molar-refractivity contribution in [1.82, 2.24) is 5.32 Å². The summed E-state index contributed by atoms with van der Waals surface area (Å²) in [6, 6.07) is -0.624. The average Bonchev–Trinajstić information content (AvgIpc) is 3.45. The predicted molar refractivity (Wildman–Crippen MR) is 347 cm³/mol. The van der Waals surface area contributed by atoms with Crippen LogP contribution in [0.25, 0.3) is 0 Å². The molecule has 0 saturated heterocycles. The van der Waals surface area contributed by atoms with Crippen molar-refractivity contribution in [3.05, 3.63) is 36.5 Å². The third-order valence-electron chi connectivity index (χ3n) is 16.7. The van der Waals surface area contributed by atoms with Crippen LogP contribution in [0.3, 0.4) is 0 Å². The van der Waals surface area contributed by atoms with E-state index in [2.05, 4.69) is 43.5 Å². The molecule has 2 atom stereocenters. The van der Waals surface area contributed by atoms with Gasteiger partial charge in [-0.05, 0) is 64.2 Å². The van der Waals surface area contributed by atoms with E-state index in [4.69, 9.17) is 4.74 Å². The molecule has 0 aliphatic carbocycles. The Morgan fingerprint density at radius 3 is 0.962 bits per heavy atom. The smallest absolute Gasteiger partial charge is 0.305 e. The van der Waals surface area contributed by atoms with Crippen LogP contribution < -0.4 is 5.32 Å². The Morgan fingerprint density at radius 2 is 0.633 bits per heavy atom. The van der Waals surface area contributed by atoms with Crippen molar-refractivity contribution in [2.75, 3.05) is 13.2 Å². The number of aliphatic hydroxyl groups excluding tert-OH is 2. The maximum atomic E-state index is 12.4. The highest BCUT2D eigenvalue weighted by molar-refractivity contribution is 5.76. The van der Waals surface area contributed by atoms with Gasteiger partial charge < -0.3 is 20.3 Å². The fraction of sp³-hybridized carbons (Fsp3) is 0.890. The van der Waals surface area contributed by atoms with Crippen molar-refractivity contribution in [3.63, 3.8) is 0 Å². The van der Waals surface area contributed by atoms with Crippen molar-refractivity contribution in [1.29, 1.82) is 0 Å². The summed E-state index contributed by atoms with van der Waals surface area (Å²) in [5.41, 5.74) is 0. The fourth-order valence-electron chi connectivity index (χ4n) is 11.2. The number of hydrogen-bond donors (Lipinski definition) is 3. The van der Waals surface area contributed by atoms with Gasteiger partial charge in [-0.2, -0.15) is 0 Å². The van der Waals surface area contributed by atoms with Gasteiger partial charge >= 0.3 is 5.97 Å². The van der Waals surface area contributed by atoms with E-state index in [1.54, 1.807) is 6.08 Å². The number of allylic oxidation sites excluding steroid dienone is 5. The van der Waals surface area contributed by atoms with Crippen molar-refractivity contribution in [2.24, 2.45) is 0 Å². The quantitative estimate of drug-likeness (QED) is 0.0320. The van der Waals surface area contributed by atoms with Crippen LogP contribution in [-0.2, 0) is 14.3 Å². The van der Waals surface area contributed by atoms with Crippen LogP contribution in [-0.4, -0.2) is 47.4 Å². The van der Waals surface area contributed by atoms with Crippen LogP contribution >= 0.6 is 0 Å². The van der Waals surface area contributed by atoms with Gasteiger partial charge in [0.05, 0.1) is 25.4 Å². The molecule has 0 aliphatic heterocycles. The van der Waals surface area contributed by atoms with Gasteiger partial charge in [0.25, 0.3) is 0 Å². The Bertz CT molecular complexity index is 1280. The van der Waals surface area contributed by atoms with E-state index in [1.165, 1.54) is 321 Å². The summed E-state index contributed by atoms with van der Waals surface area (Å²) in [6.45, 7) is 4.92. The molecule has 466 valence electrons. The van der Waals surface area contributed by atoms with Gasteiger partial charge in [-0.15, -0.1) is 0 Å². The number of amides is 1. The van der Waals surface area contributed by atoms with E-state index < -0.39 is 12.1 Å². The summed E-state index contributed by atoms with van der Waals surface area (Å²) >= 11 is 0. The summed E-state index contributed by atoms with van der Waals surface area (Å²) in [7, 11) is 0. The van der Waals surface area contributed by atoms with Crippen molar-refractivity contribution in [3.8, 4) is 0 Å². The van der Waals surface area contributed by atoms with E-state index in [0.717, 1.165) is 44.9 Å². The van der Waals surface area contributed by atoms with Crippen LogP contribution in [0, 0.1) is 0 Å². The topological polar surface area (TPSA) is 95.9 Å². The molecule has 0 radical (unpaired) electrons. The summed E-state index contributed by atoms with van der Waals surface area (Å²) in [5.74, 6) is -0.0440. The third kappa shape index (κ3) is 65.1. The summed E-state index contributed by atoms with van der Waals surface area (Å²) in [5, 5.41) is 23.1. The number of rotatable bonds is 67. The molecule has 6 nitrogen and oxygen atoms in total. The minimum Gasteiger partial charge on any atom is -0.466 e. The lowest BCUT2D eigenvalue weighted by molar-refractivity contribution is -0.143. The molecule has 0 spiro atoms. The number of carbonyl (C=O) groups is 2. The maximum absolute atomic E-state index is 12.4. The van der Waals surface area contributed by atoms with Crippen LogP contribution in [0.1, 0.15) is 393 Å².